The first-order chi connectivity index (χ1) is 14.7. The second kappa shape index (κ2) is 8.53. The lowest BCUT2D eigenvalue weighted by Gasteiger charge is -2.11. The van der Waals surface area contributed by atoms with Crippen molar-refractivity contribution in [1.82, 2.24) is 14.5 Å². The zero-order chi connectivity index (χ0) is 20.5. The van der Waals surface area contributed by atoms with Crippen LogP contribution in [-0.4, -0.2) is 20.6 Å². The Bertz CT molecular complexity index is 1370. The maximum absolute atomic E-state index is 12.5. The number of aromatic nitrogens is 3. The van der Waals surface area contributed by atoms with Crippen molar-refractivity contribution in [1.29, 1.82) is 0 Å². The number of pyridine rings is 1. The first kappa shape index (κ1) is 20.5. The van der Waals surface area contributed by atoms with E-state index in [2.05, 4.69) is 31.2 Å². The van der Waals surface area contributed by atoms with Gasteiger partial charge >= 0.3 is 6.03 Å². The third-order valence-electron chi connectivity index (χ3n) is 5.23. The average Bonchev–Trinajstić information content (AvgIpc) is 3.36. The number of rotatable bonds is 4. The number of aromatic amines is 1. The van der Waals surface area contributed by atoms with E-state index >= 15 is 0 Å². The minimum Gasteiger partial charge on any atom is -0.346 e. The van der Waals surface area contributed by atoms with Gasteiger partial charge in [-0.3, -0.25) is 0 Å². The Morgan fingerprint density at radius 3 is 2.77 bits per heavy atom. The van der Waals surface area contributed by atoms with Gasteiger partial charge in [-0.15, -0.1) is 12.4 Å². The van der Waals surface area contributed by atoms with Crippen LogP contribution in [0.25, 0.3) is 21.9 Å². The fraction of sp³-hybridized carbons (Fsp3) is 0.0833. The number of anilines is 2. The number of hydrogen-bond acceptors (Lipinski definition) is 2. The van der Waals surface area contributed by atoms with E-state index in [9.17, 15) is 4.79 Å². The van der Waals surface area contributed by atoms with Crippen LogP contribution in [0.2, 0.25) is 0 Å². The number of H-pyrrole nitrogens is 1. The SMILES string of the molecule is Cc1cccc(NC(=O)Nc2cccc3c2ccn3Cc2ccnc3[nH]ccc23)c1.Cl. The molecule has 0 aliphatic carbocycles. The van der Waals surface area contributed by atoms with Gasteiger partial charge in [0.15, 0.2) is 0 Å². The monoisotopic (exact) mass is 431 g/mol. The summed E-state index contributed by atoms with van der Waals surface area (Å²) in [4.78, 5) is 20.0. The van der Waals surface area contributed by atoms with Crippen LogP contribution in [0.4, 0.5) is 16.2 Å². The van der Waals surface area contributed by atoms with Gasteiger partial charge in [0.05, 0.1) is 11.2 Å². The molecule has 3 aromatic heterocycles. The van der Waals surface area contributed by atoms with Crippen molar-refractivity contribution >= 4 is 51.7 Å². The molecular weight excluding hydrogens is 410 g/mol. The van der Waals surface area contributed by atoms with Crippen LogP contribution in [0.15, 0.2) is 79.3 Å². The molecular formula is C24H22ClN5O. The topological polar surface area (TPSA) is 74.7 Å². The summed E-state index contributed by atoms with van der Waals surface area (Å²) < 4.78 is 2.18. The quantitative estimate of drug-likeness (QED) is 0.329. The molecule has 3 heterocycles. The van der Waals surface area contributed by atoms with Crippen molar-refractivity contribution in [3.8, 4) is 0 Å². The first-order valence-corrected chi connectivity index (χ1v) is 9.81. The van der Waals surface area contributed by atoms with Crippen LogP contribution in [0.1, 0.15) is 11.1 Å². The summed E-state index contributed by atoms with van der Waals surface area (Å²) in [6, 6.07) is 19.5. The van der Waals surface area contributed by atoms with Crippen molar-refractivity contribution in [3.63, 3.8) is 0 Å². The highest BCUT2D eigenvalue weighted by Gasteiger charge is 2.11. The van der Waals surface area contributed by atoms with Gasteiger partial charge in [0, 0.05) is 41.6 Å². The molecule has 0 aliphatic heterocycles. The molecule has 3 N–H and O–H groups in total. The smallest absolute Gasteiger partial charge is 0.323 e. The zero-order valence-corrected chi connectivity index (χ0v) is 17.7. The number of carbonyl (C=O) groups excluding carboxylic acids is 1. The summed E-state index contributed by atoms with van der Waals surface area (Å²) in [5.41, 5.74) is 5.78. The highest BCUT2D eigenvalue weighted by atomic mass is 35.5. The normalized spacial score (nSPS) is 10.7. The Morgan fingerprint density at radius 2 is 1.90 bits per heavy atom. The maximum Gasteiger partial charge on any atom is 0.323 e. The summed E-state index contributed by atoms with van der Waals surface area (Å²) in [6.07, 6.45) is 5.78. The highest BCUT2D eigenvalue weighted by molar-refractivity contribution is 6.05. The number of carbonyl (C=O) groups is 1. The van der Waals surface area contributed by atoms with Crippen LogP contribution < -0.4 is 10.6 Å². The molecule has 0 fully saturated rings. The largest absolute Gasteiger partial charge is 0.346 e. The van der Waals surface area contributed by atoms with Crippen molar-refractivity contribution in [2.75, 3.05) is 10.6 Å². The highest BCUT2D eigenvalue weighted by Crippen LogP contribution is 2.26. The van der Waals surface area contributed by atoms with Gasteiger partial charge in [-0.25, -0.2) is 9.78 Å². The lowest BCUT2D eigenvalue weighted by atomic mass is 10.2. The van der Waals surface area contributed by atoms with Crippen molar-refractivity contribution in [2.24, 2.45) is 0 Å². The fourth-order valence-electron chi connectivity index (χ4n) is 3.82. The van der Waals surface area contributed by atoms with Gasteiger partial charge < -0.3 is 20.2 Å². The minimum absolute atomic E-state index is 0. The summed E-state index contributed by atoms with van der Waals surface area (Å²) in [5, 5.41) is 7.98. The lowest BCUT2D eigenvalue weighted by molar-refractivity contribution is 0.262. The third-order valence-corrected chi connectivity index (χ3v) is 5.23. The van der Waals surface area contributed by atoms with Crippen LogP contribution in [-0.2, 0) is 6.54 Å². The van der Waals surface area contributed by atoms with Gasteiger partial charge in [-0.1, -0.05) is 18.2 Å². The predicted octanol–water partition coefficient (Wildman–Crippen LogP) is 5.94. The standard InChI is InChI=1S/C24H21N5O.ClH/c1-16-4-2-5-18(14-16)27-24(30)28-21-6-3-7-22-20(21)10-13-29(22)15-17-8-11-25-23-19(17)9-12-26-23;/h2-14H,15H2,1H3,(H,25,26)(H2,27,28,30);1H. The van der Waals surface area contributed by atoms with Crippen LogP contribution >= 0.6 is 12.4 Å². The van der Waals surface area contributed by atoms with Crippen molar-refractivity contribution in [3.05, 3.63) is 90.4 Å². The second-order valence-electron chi connectivity index (χ2n) is 7.34. The molecule has 31 heavy (non-hydrogen) atoms. The Morgan fingerprint density at radius 1 is 1.03 bits per heavy atom. The van der Waals surface area contributed by atoms with Gasteiger partial charge in [0.2, 0.25) is 0 Å². The summed E-state index contributed by atoms with van der Waals surface area (Å²) >= 11 is 0. The molecule has 0 saturated heterocycles. The first-order valence-electron chi connectivity index (χ1n) is 9.81. The van der Waals surface area contributed by atoms with E-state index in [-0.39, 0.29) is 18.4 Å². The molecule has 7 heteroatoms. The molecule has 6 nitrogen and oxygen atoms in total. The van der Waals surface area contributed by atoms with E-state index in [0.29, 0.717) is 0 Å². The summed E-state index contributed by atoms with van der Waals surface area (Å²) in [5.74, 6) is 0. The second-order valence-corrected chi connectivity index (χ2v) is 7.34. The van der Waals surface area contributed by atoms with Gasteiger partial charge in [-0.2, -0.15) is 0 Å². The maximum atomic E-state index is 12.5. The molecule has 0 aliphatic rings. The number of halogens is 1. The summed E-state index contributed by atoms with van der Waals surface area (Å²) in [6.45, 7) is 2.72. The number of amides is 2. The van der Waals surface area contributed by atoms with Crippen molar-refractivity contribution < 1.29 is 4.79 Å². The number of urea groups is 1. The lowest BCUT2D eigenvalue weighted by Crippen LogP contribution is -2.19. The number of benzene rings is 2. The van der Waals surface area contributed by atoms with Gasteiger partial charge in [0.25, 0.3) is 0 Å². The molecule has 5 aromatic rings. The molecule has 0 unspecified atom stereocenters. The molecule has 0 bridgehead atoms. The number of nitrogens with one attached hydrogen (secondary N) is 3. The van der Waals surface area contributed by atoms with E-state index in [1.165, 1.54) is 5.56 Å². The molecule has 5 rings (SSSR count). The molecule has 2 aromatic carbocycles. The number of fused-ring (bicyclic) bond motifs is 2. The number of aryl methyl sites for hydroxylation is 1. The van der Waals surface area contributed by atoms with Gasteiger partial charge in [0.1, 0.15) is 5.65 Å². The molecule has 0 spiro atoms. The number of nitrogens with zero attached hydrogens (tertiary/aromatic N) is 2. The van der Waals surface area contributed by atoms with Crippen molar-refractivity contribution in [2.45, 2.75) is 13.5 Å². The Balaban J connectivity index is 0.00000231. The molecule has 156 valence electrons. The Hall–Kier alpha value is -3.77. The summed E-state index contributed by atoms with van der Waals surface area (Å²) in [7, 11) is 0. The molecule has 0 radical (unpaired) electrons. The molecule has 0 saturated carbocycles. The van der Waals surface area contributed by atoms with Crippen LogP contribution in [0.5, 0.6) is 0 Å². The Kier molecular flexibility index (Phi) is 5.64. The van der Waals surface area contributed by atoms with E-state index in [1.807, 2.05) is 80.1 Å². The van der Waals surface area contributed by atoms with E-state index in [1.54, 1.807) is 0 Å². The fourth-order valence-corrected chi connectivity index (χ4v) is 3.82. The van der Waals surface area contributed by atoms with E-state index < -0.39 is 0 Å². The third kappa shape index (κ3) is 4.11. The van der Waals surface area contributed by atoms with Gasteiger partial charge in [-0.05, 0) is 60.5 Å². The van der Waals surface area contributed by atoms with E-state index in [4.69, 9.17) is 0 Å². The molecule has 2 amide bonds. The minimum atomic E-state index is -0.260. The zero-order valence-electron chi connectivity index (χ0n) is 16.9. The van der Waals surface area contributed by atoms with Crippen LogP contribution in [0.3, 0.4) is 0 Å². The Labute approximate surface area is 185 Å². The van der Waals surface area contributed by atoms with E-state index in [0.717, 1.165) is 45.4 Å². The average molecular weight is 432 g/mol. The number of hydrogen-bond donors (Lipinski definition) is 3. The van der Waals surface area contributed by atoms with Crippen LogP contribution in [0, 0.1) is 6.92 Å². The predicted molar refractivity (Wildman–Crippen MR) is 128 cm³/mol. The molecule has 0 atom stereocenters.